The van der Waals surface area contributed by atoms with Gasteiger partial charge < -0.3 is 53.2 Å². The third-order valence-electron chi connectivity index (χ3n) is 10.1. The predicted octanol–water partition coefficient (Wildman–Crippen LogP) is 7.17. The van der Waals surface area contributed by atoms with Crippen LogP contribution >= 0.6 is 35.3 Å². The average molecular weight is 1070 g/mol. The molecule has 0 aliphatic carbocycles. The van der Waals surface area contributed by atoms with Crippen molar-refractivity contribution in [1.29, 1.82) is 0 Å². The Kier molecular flexibility index (Phi) is 26.6. The summed E-state index contributed by atoms with van der Waals surface area (Å²) in [5, 5.41) is 36.5. The summed E-state index contributed by atoms with van der Waals surface area (Å²) in [5.74, 6) is -8.19. The number of hydrogen-bond acceptors (Lipinski definition) is 19. The molecule has 4 atom stereocenters. The molecule has 71 heavy (non-hydrogen) atoms. The first-order chi connectivity index (χ1) is 33.4. The van der Waals surface area contributed by atoms with Gasteiger partial charge in [-0.3, -0.25) is 28.8 Å². The van der Waals surface area contributed by atoms with E-state index in [1.807, 2.05) is 20.8 Å². The summed E-state index contributed by atoms with van der Waals surface area (Å²) in [7, 11) is -2.91. The number of amides is 1. The molecule has 0 saturated carbocycles. The fourth-order valence-electron chi connectivity index (χ4n) is 6.42. The van der Waals surface area contributed by atoms with Gasteiger partial charge in [-0.15, -0.1) is 0 Å². The van der Waals surface area contributed by atoms with E-state index in [0.29, 0.717) is 62.4 Å². The highest BCUT2D eigenvalue weighted by Crippen LogP contribution is 2.30. The van der Waals surface area contributed by atoms with E-state index < -0.39 is 119 Å². The van der Waals surface area contributed by atoms with Crippen LogP contribution in [0.5, 0.6) is 0 Å². The number of carbonyl (C=O) groups is 10. The Balaban J connectivity index is 2.16. The van der Waals surface area contributed by atoms with Crippen LogP contribution in [0.3, 0.4) is 0 Å². The molecule has 2 rings (SSSR count). The Hall–Kier alpha value is -5.31. The first-order valence-electron chi connectivity index (χ1n) is 22.4. The molecule has 0 fully saturated rings. The molecular weight excluding hydrogens is 1010 g/mol. The molecule has 0 spiro atoms. The van der Waals surface area contributed by atoms with Crippen molar-refractivity contribution >= 4 is 101 Å². The molecule has 4 unspecified atom stereocenters. The van der Waals surface area contributed by atoms with Crippen molar-refractivity contribution in [1.82, 2.24) is 5.32 Å². The van der Waals surface area contributed by atoms with E-state index in [4.69, 9.17) is 27.5 Å². The Morgan fingerprint density at radius 3 is 1.34 bits per heavy atom. The summed E-state index contributed by atoms with van der Waals surface area (Å²) in [6.45, 7) is 12.0. The van der Waals surface area contributed by atoms with Gasteiger partial charge in [0.25, 0.3) is 5.24 Å². The number of nitrogens with one attached hydrogen (secondary N) is 1. The van der Waals surface area contributed by atoms with Crippen molar-refractivity contribution < 1.29 is 95.9 Å². The van der Waals surface area contributed by atoms with Gasteiger partial charge in [-0.2, -0.15) is 0 Å². The summed E-state index contributed by atoms with van der Waals surface area (Å²) in [4.78, 5) is 125. The lowest BCUT2D eigenvalue weighted by Crippen LogP contribution is -2.46. The minimum absolute atomic E-state index is 0.0986. The number of thioether (sulfide) groups is 3. The zero-order chi connectivity index (χ0) is 53.5. The maximum atomic E-state index is 13.2. The van der Waals surface area contributed by atoms with Crippen molar-refractivity contribution in [2.75, 3.05) is 46.2 Å². The van der Waals surface area contributed by atoms with Crippen molar-refractivity contribution in [2.45, 2.75) is 102 Å². The van der Waals surface area contributed by atoms with Crippen molar-refractivity contribution in [2.24, 2.45) is 5.41 Å². The molecule has 21 nitrogen and oxygen atoms in total. The first kappa shape index (κ1) is 61.8. The minimum atomic E-state index is -2.91. The van der Waals surface area contributed by atoms with Crippen LogP contribution in [0.4, 0.5) is 4.79 Å². The number of ether oxygens (including phenoxy) is 3. The first-order valence-corrected chi connectivity index (χ1v) is 27.0. The maximum absolute atomic E-state index is 13.2. The Morgan fingerprint density at radius 1 is 0.549 bits per heavy atom. The zero-order valence-corrected chi connectivity index (χ0v) is 43.9. The van der Waals surface area contributed by atoms with E-state index in [-0.39, 0.29) is 46.8 Å². The highest BCUT2D eigenvalue weighted by Gasteiger charge is 2.40. The molecule has 0 radical (unpaired) electrons. The molecule has 392 valence electrons. The summed E-state index contributed by atoms with van der Waals surface area (Å²) in [6.07, 6.45) is -0.379. The lowest BCUT2D eigenvalue weighted by Gasteiger charge is -2.31. The van der Waals surface area contributed by atoms with Crippen LogP contribution in [-0.4, -0.2) is 148 Å². The average Bonchev–Trinajstić information content (AvgIpc) is 3.29. The molecule has 5 N–H and O–H groups in total. The van der Waals surface area contributed by atoms with Crippen molar-refractivity contribution in [3.8, 4) is 0 Å². The number of carboxylic acid groups (broad SMARTS) is 4. The number of carboxylic acids is 4. The normalized spacial score (nSPS) is 13.4. The molecule has 0 heterocycles. The smallest absolute Gasteiger partial charge is 0.478 e. The lowest BCUT2D eigenvalue weighted by atomic mass is 9.88. The van der Waals surface area contributed by atoms with Crippen LogP contribution in [0.1, 0.15) is 143 Å². The third kappa shape index (κ3) is 21.1. The largest absolute Gasteiger partial charge is 0.500 e. The number of hydrogen-bond donors (Lipinski definition) is 5. The Bertz CT molecular complexity index is 2230. The number of aromatic carboxylic acids is 4. The second-order valence-electron chi connectivity index (χ2n) is 15.8. The van der Waals surface area contributed by atoms with Gasteiger partial charge in [-0.1, -0.05) is 63.0 Å². The molecule has 0 aliphatic heterocycles. The minimum Gasteiger partial charge on any atom is -0.478 e. The van der Waals surface area contributed by atoms with E-state index in [9.17, 15) is 68.4 Å². The van der Waals surface area contributed by atoms with Gasteiger partial charge in [0.15, 0.2) is 0 Å². The molecule has 2 aromatic rings. The molecule has 0 saturated heterocycles. The van der Waals surface area contributed by atoms with Crippen molar-refractivity contribution in [3.05, 3.63) is 69.8 Å². The molecule has 0 bridgehead atoms. The van der Waals surface area contributed by atoms with Gasteiger partial charge in [-0.25, -0.2) is 19.2 Å². The van der Waals surface area contributed by atoms with Crippen molar-refractivity contribution in [3.63, 3.8) is 0 Å². The molecule has 2 aromatic carbocycles. The van der Waals surface area contributed by atoms with E-state index in [1.54, 1.807) is 13.8 Å². The van der Waals surface area contributed by atoms with Gasteiger partial charge >= 0.3 is 50.6 Å². The van der Waals surface area contributed by atoms with Crippen LogP contribution in [0.25, 0.3) is 0 Å². The van der Waals surface area contributed by atoms with Crippen LogP contribution in [0.15, 0.2) is 36.4 Å². The fraction of sp³-hybridized carbons (Fsp3) is 0.522. The fourth-order valence-corrected chi connectivity index (χ4v) is 11.6. The molecule has 1 amide bonds. The Morgan fingerprint density at radius 2 is 0.944 bits per heavy atom. The molecule has 0 aliphatic rings. The van der Waals surface area contributed by atoms with Gasteiger partial charge in [0.1, 0.15) is 19.8 Å². The highest BCUT2D eigenvalue weighted by molar-refractivity contribution is 8.15. The van der Waals surface area contributed by atoms with Gasteiger partial charge in [0, 0.05) is 59.3 Å². The van der Waals surface area contributed by atoms with E-state index in [0.717, 1.165) is 48.2 Å². The zero-order valence-electron chi connectivity index (χ0n) is 40.4. The maximum Gasteiger partial charge on any atom is 0.500 e. The monoisotopic (exact) mass is 1070 g/mol. The number of rotatable bonds is 32. The second-order valence-corrected chi connectivity index (χ2v) is 22.8. The SMILES string of the molecule is CCO[Si](CCCNC(=O)SC(C)CC(=O)OCC(CC)(COC(=O)CC(C)SC(=O)c1ccc(C(=O)O)cc1C(=O)O)COC(=O)CC(C)SC(=O)c1cc(C(=O)O)ccc1C(=O)O)(OCC)OCC. The van der Waals surface area contributed by atoms with Gasteiger partial charge in [0.05, 0.1) is 46.9 Å². The standard InChI is InChI=1S/C46H61NO20S3Si/c1-8-46(24-62-36(48)19-27(5)68-43(59)33-16-14-30(39(51)52)22-34(33)42(57)58,25-63-37(49)20-28(6)69-44(60)35-23-31(40(53)54)13-15-32(35)41(55)56)26-64-38(50)21-29(7)70-45(61)47-17-12-18-71(65-9-2,66-10-3)67-11-4/h13-16,22-23,27-29H,8-12,17-21,24-26H2,1-7H3,(H,47,61)(H,51,52)(H,53,54)(H,55,56)(H,57,58). The summed E-state index contributed by atoms with van der Waals surface area (Å²) in [5.41, 5.74) is -3.67. The third-order valence-corrected chi connectivity index (χ3v) is 16.2. The quantitative estimate of drug-likeness (QED) is 0.0210. The van der Waals surface area contributed by atoms with Crippen LogP contribution in [-0.2, 0) is 41.9 Å². The Labute approximate surface area is 424 Å². The summed E-state index contributed by atoms with van der Waals surface area (Å²) < 4.78 is 34.3. The van der Waals surface area contributed by atoms with Crippen LogP contribution < -0.4 is 5.32 Å². The predicted molar refractivity (Wildman–Crippen MR) is 263 cm³/mol. The van der Waals surface area contributed by atoms with Gasteiger partial charge in [0.2, 0.25) is 10.2 Å². The van der Waals surface area contributed by atoms with Crippen LogP contribution in [0.2, 0.25) is 6.04 Å². The molecular formula is C46H61NO20S3Si. The number of benzene rings is 2. The van der Waals surface area contributed by atoms with E-state index in [1.165, 1.54) is 13.8 Å². The number of esters is 3. The highest BCUT2D eigenvalue weighted by atomic mass is 32.2. The second kappa shape index (κ2) is 30.5. The van der Waals surface area contributed by atoms with Gasteiger partial charge in [-0.05, 0) is 70.0 Å². The number of carbonyl (C=O) groups excluding carboxylic acids is 6. The molecule has 0 aromatic heterocycles. The molecule has 25 heteroatoms. The summed E-state index contributed by atoms with van der Waals surface area (Å²) >= 11 is 2.07. The van der Waals surface area contributed by atoms with Crippen LogP contribution in [0, 0.1) is 5.41 Å². The van der Waals surface area contributed by atoms with E-state index >= 15 is 0 Å². The summed E-state index contributed by atoms with van der Waals surface area (Å²) in [6, 6.07) is 6.43. The lowest BCUT2D eigenvalue weighted by molar-refractivity contribution is -0.162. The topological polar surface area (TPSA) is 319 Å². The van der Waals surface area contributed by atoms with E-state index in [2.05, 4.69) is 5.32 Å².